The highest BCUT2D eigenvalue weighted by Gasteiger charge is 2.21. The summed E-state index contributed by atoms with van der Waals surface area (Å²) in [6.07, 6.45) is -0.416. The summed E-state index contributed by atoms with van der Waals surface area (Å²) in [5.74, 6) is 0.268. The average molecular weight is 293 g/mol. The maximum atomic E-state index is 11.7. The standard InChI is InChI=1S/C15H23N3O3/c1-15(2,3)21-14(20)16-18-10-8-17(9-11-18)12-4-6-13(19)7-5-12/h4-7,19H,8-11H2,1-3H3,(H,16,20). The molecule has 1 amide bonds. The molecule has 0 radical (unpaired) electrons. The van der Waals surface area contributed by atoms with Crippen LogP contribution in [0.5, 0.6) is 5.75 Å². The van der Waals surface area contributed by atoms with Gasteiger partial charge in [-0.05, 0) is 45.0 Å². The molecule has 1 fully saturated rings. The van der Waals surface area contributed by atoms with Crippen molar-refractivity contribution >= 4 is 11.8 Å². The number of anilines is 1. The lowest BCUT2D eigenvalue weighted by Gasteiger charge is -2.36. The van der Waals surface area contributed by atoms with Gasteiger partial charge in [-0.1, -0.05) is 0 Å². The summed E-state index contributed by atoms with van der Waals surface area (Å²) in [6, 6.07) is 7.15. The van der Waals surface area contributed by atoms with E-state index in [-0.39, 0.29) is 5.75 Å². The number of phenols is 1. The number of benzene rings is 1. The molecule has 0 aromatic heterocycles. The van der Waals surface area contributed by atoms with Crippen molar-refractivity contribution in [1.82, 2.24) is 10.4 Å². The number of hydrogen-bond acceptors (Lipinski definition) is 5. The maximum Gasteiger partial charge on any atom is 0.422 e. The van der Waals surface area contributed by atoms with Crippen LogP contribution in [0.3, 0.4) is 0 Å². The summed E-state index contributed by atoms with van der Waals surface area (Å²) in [7, 11) is 0. The first-order chi connectivity index (χ1) is 9.83. The highest BCUT2D eigenvalue weighted by molar-refractivity contribution is 5.67. The third kappa shape index (κ3) is 4.82. The fourth-order valence-corrected chi connectivity index (χ4v) is 2.17. The van der Waals surface area contributed by atoms with Gasteiger partial charge < -0.3 is 14.7 Å². The van der Waals surface area contributed by atoms with Crippen LogP contribution in [0.25, 0.3) is 0 Å². The van der Waals surface area contributed by atoms with Crippen molar-refractivity contribution in [3.05, 3.63) is 24.3 Å². The topological polar surface area (TPSA) is 65.0 Å². The number of ether oxygens (including phenoxy) is 1. The molecule has 0 atom stereocenters. The predicted molar refractivity (Wildman–Crippen MR) is 81.3 cm³/mol. The third-order valence-corrected chi connectivity index (χ3v) is 3.14. The van der Waals surface area contributed by atoms with E-state index in [1.54, 1.807) is 12.1 Å². The highest BCUT2D eigenvalue weighted by atomic mass is 16.6. The van der Waals surface area contributed by atoms with Gasteiger partial charge in [0.15, 0.2) is 0 Å². The summed E-state index contributed by atoms with van der Waals surface area (Å²) in [4.78, 5) is 13.9. The Morgan fingerprint density at radius 3 is 2.24 bits per heavy atom. The molecule has 1 heterocycles. The molecule has 116 valence electrons. The molecular formula is C15H23N3O3. The number of aromatic hydroxyl groups is 1. The van der Waals surface area contributed by atoms with Gasteiger partial charge in [0.25, 0.3) is 0 Å². The van der Waals surface area contributed by atoms with Gasteiger partial charge >= 0.3 is 6.09 Å². The number of rotatable bonds is 2. The SMILES string of the molecule is CC(C)(C)OC(=O)NN1CCN(c2ccc(O)cc2)CC1. The van der Waals surface area contributed by atoms with Crippen LogP contribution in [0.1, 0.15) is 20.8 Å². The van der Waals surface area contributed by atoms with Crippen molar-refractivity contribution in [3.63, 3.8) is 0 Å². The number of carbonyl (C=O) groups excluding carboxylic acids is 1. The molecule has 1 aliphatic rings. The molecule has 6 nitrogen and oxygen atoms in total. The van der Waals surface area contributed by atoms with E-state index in [1.165, 1.54) is 0 Å². The second-order valence-corrected chi connectivity index (χ2v) is 6.10. The smallest absolute Gasteiger partial charge is 0.422 e. The van der Waals surface area contributed by atoms with Crippen molar-refractivity contribution < 1.29 is 14.6 Å². The first-order valence-corrected chi connectivity index (χ1v) is 7.12. The average Bonchev–Trinajstić information content (AvgIpc) is 2.38. The van der Waals surface area contributed by atoms with Gasteiger partial charge in [-0.25, -0.2) is 9.80 Å². The molecule has 1 aromatic rings. The lowest BCUT2D eigenvalue weighted by molar-refractivity contribution is 0.0320. The molecule has 1 aliphatic heterocycles. The number of phenolic OH excluding ortho intramolecular Hbond substituents is 1. The van der Waals surface area contributed by atoms with Crippen molar-refractivity contribution in [1.29, 1.82) is 0 Å². The van der Waals surface area contributed by atoms with E-state index in [1.807, 2.05) is 37.9 Å². The summed E-state index contributed by atoms with van der Waals surface area (Å²) in [5, 5.41) is 11.2. The number of nitrogens with zero attached hydrogens (tertiary/aromatic N) is 2. The van der Waals surface area contributed by atoms with Crippen molar-refractivity contribution in [3.8, 4) is 5.75 Å². The minimum atomic E-state index is -0.488. The molecule has 0 unspecified atom stereocenters. The molecule has 21 heavy (non-hydrogen) atoms. The van der Waals surface area contributed by atoms with E-state index in [9.17, 15) is 9.90 Å². The van der Waals surface area contributed by atoms with E-state index in [4.69, 9.17) is 4.74 Å². The van der Waals surface area contributed by atoms with Gasteiger partial charge in [-0.3, -0.25) is 5.43 Å². The van der Waals surface area contributed by atoms with Gasteiger partial charge in [-0.15, -0.1) is 0 Å². The zero-order valence-corrected chi connectivity index (χ0v) is 12.8. The number of hydrazine groups is 1. The van der Waals surface area contributed by atoms with Gasteiger partial charge in [0.1, 0.15) is 11.4 Å². The Morgan fingerprint density at radius 2 is 1.71 bits per heavy atom. The zero-order chi connectivity index (χ0) is 15.5. The van der Waals surface area contributed by atoms with Crippen LogP contribution < -0.4 is 10.3 Å². The second-order valence-electron chi connectivity index (χ2n) is 6.10. The van der Waals surface area contributed by atoms with E-state index in [0.29, 0.717) is 0 Å². The van der Waals surface area contributed by atoms with Crippen molar-refractivity contribution in [2.24, 2.45) is 0 Å². The predicted octanol–water partition coefficient (Wildman–Crippen LogP) is 1.95. The van der Waals surface area contributed by atoms with Crippen LogP contribution in [0, 0.1) is 0 Å². The first-order valence-electron chi connectivity index (χ1n) is 7.12. The summed E-state index contributed by atoms with van der Waals surface area (Å²) in [5.41, 5.74) is 3.35. The van der Waals surface area contributed by atoms with Crippen LogP contribution in [0.4, 0.5) is 10.5 Å². The summed E-state index contributed by atoms with van der Waals surface area (Å²) >= 11 is 0. The zero-order valence-electron chi connectivity index (χ0n) is 12.8. The maximum absolute atomic E-state index is 11.7. The van der Waals surface area contributed by atoms with Crippen LogP contribution in [0.15, 0.2) is 24.3 Å². The number of hydrogen-bond donors (Lipinski definition) is 2. The van der Waals surface area contributed by atoms with Crippen LogP contribution >= 0.6 is 0 Å². The van der Waals surface area contributed by atoms with Crippen LogP contribution in [-0.4, -0.2) is 48.0 Å². The lowest BCUT2D eigenvalue weighted by atomic mass is 10.2. The second kappa shape index (κ2) is 6.22. The Balaban J connectivity index is 1.80. The van der Waals surface area contributed by atoms with E-state index in [2.05, 4.69) is 10.3 Å². The molecule has 0 spiro atoms. The normalized spacial score (nSPS) is 16.6. The number of piperazine rings is 1. The number of nitrogens with one attached hydrogen (secondary N) is 1. The lowest BCUT2D eigenvalue weighted by Crippen LogP contribution is -2.54. The van der Waals surface area contributed by atoms with Crippen molar-refractivity contribution in [2.75, 3.05) is 31.1 Å². The van der Waals surface area contributed by atoms with Gasteiger partial charge in [-0.2, -0.15) is 0 Å². The molecule has 0 saturated carbocycles. The first kappa shape index (κ1) is 15.4. The monoisotopic (exact) mass is 293 g/mol. The fourth-order valence-electron chi connectivity index (χ4n) is 2.17. The van der Waals surface area contributed by atoms with Gasteiger partial charge in [0.05, 0.1) is 0 Å². The highest BCUT2D eigenvalue weighted by Crippen LogP contribution is 2.19. The quantitative estimate of drug-likeness (QED) is 0.872. The van der Waals surface area contributed by atoms with Crippen LogP contribution in [0.2, 0.25) is 0 Å². The van der Waals surface area contributed by atoms with E-state index < -0.39 is 11.7 Å². The van der Waals surface area contributed by atoms with E-state index >= 15 is 0 Å². The molecule has 0 aliphatic carbocycles. The Labute approximate surface area is 125 Å². The molecule has 1 aromatic carbocycles. The number of amides is 1. The Morgan fingerprint density at radius 1 is 1.14 bits per heavy atom. The largest absolute Gasteiger partial charge is 0.508 e. The molecule has 2 N–H and O–H groups in total. The summed E-state index contributed by atoms with van der Waals surface area (Å²) in [6.45, 7) is 8.58. The summed E-state index contributed by atoms with van der Waals surface area (Å²) < 4.78 is 5.23. The van der Waals surface area contributed by atoms with E-state index in [0.717, 1.165) is 31.9 Å². The van der Waals surface area contributed by atoms with Crippen LogP contribution in [-0.2, 0) is 4.74 Å². The molecular weight excluding hydrogens is 270 g/mol. The molecule has 6 heteroatoms. The van der Waals surface area contributed by atoms with Crippen molar-refractivity contribution in [2.45, 2.75) is 26.4 Å². The van der Waals surface area contributed by atoms with Gasteiger partial charge in [0.2, 0.25) is 0 Å². The number of carbonyl (C=O) groups is 1. The third-order valence-electron chi connectivity index (χ3n) is 3.14. The molecule has 1 saturated heterocycles. The minimum Gasteiger partial charge on any atom is -0.508 e. The van der Waals surface area contributed by atoms with Gasteiger partial charge in [0, 0.05) is 31.9 Å². The molecule has 2 rings (SSSR count). The minimum absolute atomic E-state index is 0.268. The molecule has 0 bridgehead atoms. The Hall–Kier alpha value is -1.95. The Kier molecular flexibility index (Phi) is 4.57. The Bertz CT molecular complexity index is 474. The fraction of sp³-hybridized carbons (Fsp3) is 0.533.